The normalized spacial score (nSPS) is 15.1. The van der Waals surface area contributed by atoms with E-state index in [4.69, 9.17) is 9.16 Å². The number of aromatic nitrogens is 2. The van der Waals surface area contributed by atoms with E-state index in [9.17, 15) is 18.0 Å². The number of ether oxygens (including phenoxy) is 1. The summed E-state index contributed by atoms with van der Waals surface area (Å²) in [5, 5.41) is 3.78. The molecule has 4 rings (SSSR count). The molecule has 0 bridgehead atoms. The van der Waals surface area contributed by atoms with Crippen LogP contribution in [-0.4, -0.2) is 60.2 Å². The van der Waals surface area contributed by atoms with Gasteiger partial charge in [0.15, 0.2) is 0 Å². The Kier molecular flexibility index (Phi) is 9.03. The van der Waals surface area contributed by atoms with Crippen LogP contribution < -0.4 is 15.7 Å². The van der Waals surface area contributed by atoms with Gasteiger partial charge >= 0.3 is 12.3 Å². The van der Waals surface area contributed by atoms with Crippen molar-refractivity contribution in [3.63, 3.8) is 0 Å². The first-order valence-corrected chi connectivity index (χ1v) is 15.9. The molecule has 0 fully saturated rings. The van der Waals surface area contributed by atoms with Gasteiger partial charge < -0.3 is 19.4 Å². The first kappa shape index (κ1) is 31.5. The lowest BCUT2D eigenvalue weighted by Gasteiger charge is -2.43. The number of halogens is 3. The minimum atomic E-state index is -4.65. The van der Waals surface area contributed by atoms with Crippen LogP contribution in [0.1, 0.15) is 52.8 Å². The van der Waals surface area contributed by atoms with Gasteiger partial charge in [0.2, 0.25) is 5.95 Å². The van der Waals surface area contributed by atoms with Gasteiger partial charge in [0.05, 0.1) is 18.8 Å². The standard InChI is InChI=1S/C31H39F3N4O3Si/c1-29(2,3)41-28(39)38-18-17-22-19-35-27(36-25(22)20-38)37-26(31(32,33)34)21-40-42(30(4,5)6,23-13-9-7-10-14-23)24-15-11-8-12-16-24/h7-16,19,26H,17-18,20-21H2,1-6H3,(H,35,36,37). The second kappa shape index (κ2) is 12.0. The van der Waals surface area contributed by atoms with Gasteiger partial charge in [-0.2, -0.15) is 13.2 Å². The summed E-state index contributed by atoms with van der Waals surface area (Å²) < 4.78 is 55.5. The van der Waals surface area contributed by atoms with E-state index in [-0.39, 0.29) is 12.5 Å². The molecule has 0 aliphatic carbocycles. The number of rotatable bonds is 7. The first-order chi connectivity index (χ1) is 19.6. The lowest BCUT2D eigenvalue weighted by atomic mass is 10.1. The van der Waals surface area contributed by atoms with Crippen LogP contribution in [0.15, 0.2) is 66.9 Å². The highest BCUT2D eigenvalue weighted by atomic mass is 28.4. The summed E-state index contributed by atoms with van der Waals surface area (Å²) in [7, 11) is -3.21. The maximum absolute atomic E-state index is 14.5. The van der Waals surface area contributed by atoms with E-state index < -0.39 is 43.9 Å². The van der Waals surface area contributed by atoms with Crippen LogP contribution in [0.25, 0.3) is 0 Å². The number of benzene rings is 2. The van der Waals surface area contributed by atoms with Crippen LogP contribution in [0.4, 0.5) is 23.9 Å². The van der Waals surface area contributed by atoms with Gasteiger partial charge in [-0.15, -0.1) is 0 Å². The van der Waals surface area contributed by atoms with Gasteiger partial charge in [-0.05, 0) is 48.2 Å². The minimum Gasteiger partial charge on any atom is -0.444 e. The molecule has 1 aromatic heterocycles. The molecule has 3 aromatic rings. The number of carbonyl (C=O) groups is 1. The number of hydrogen-bond acceptors (Lipinski definition) is 6. The number of carbonyl (C=O) groups excluding carboxylic acids is 1. The van der Waals surface area contributed by atoms with Gasteiger partial charge in [-0.1, -0.05) is 81.4 Å². The third-order valence-electron chi connectivity index (χ3n) is 7.18. The summed E-state index contributed by atoms with van der Waals surface area (Å²) in [5.41, 5.74) is 0.603. The Labute approximate surface area is 246 Å². The lowest BCUT2D eigenvalue weighted by Crippen LogP contribution is -2.67. The zero-order chi connectivity index (χ0) is 30.8. The predicted molar refractivity (Wildman–Crippen MR) is 159 cm³/mol. The second-order valence-electron chi connectivity index (χ2n) is 12.5. The molecule has 2 heterocycles. The number of nitrogens with one attached hydrogen (secondary N) is 1. The molecule has 42 heavy (non-hydrogen) atoms. The van der Waals surface area contributed by atoms with E-state index in [1.54, 1.807) is 20.8 Å². The third kappa shape index (κ3) is 7.12. The van der Waals surface area contributed by atoms with Crippen LogP contribution in [0.5, 0.6) is 0 Å². The van der Waals surface area contributed by atoms with Crippen LogP contribution in [0, 0.1) is 0 Å². The number of nitrogens with zero attached hydrogens (tertiary/aromatic N) is 3. The highest BCUT2D eigenvalue weighted by Crippen LogP contribution is 2.37. The van der Waals surface area contributed by atoms with Crippen LogP contribution in [0.2, 0.25) is 5.04 Å². The summed E-state index contributed by atoms with van der Waals surface area (Å²) in [6.07, 6.45) is -3.14. The summed E-state index contributed by atoms with van der Waals surface area (Å²) >= 11 is 0. The van der Waals surface area contributed by atoms with Crippen molar-refractivity contribution in [1.82, 2.24) is 14.9 Å². The van der Waals surface area contributed by atoms with Crippen LogP contribution >= 0.6 is 0 Å². The molecule has 1 aliphatic heterocycles. The lowest BCUT2D eigenvalue weighted by molar-refractivity contribution is -0.148. The Bertz CT molecular complexity index is 1320. The van der Waals surface area contributed by atoms with E-state index in [0.29, 0.717) is 18.7 Å². The van der Waals surface area contributed by atoms with Crippen molar-refractivity contribution in [2.45, 2.75) is 77.4 Å². The summed E-state index contributed by atoms with van der Waals surface area (Å²) in [6.45, 7) is 11.3. The fraction of sp³-hybridized carbons (Fsp3) is 0.452. The van der Waals surface area contributed by atoms with Crippen molar-refractivity contribution in [2.75, 3.05) is 18.5 Å². The number of fused-ring (bicyclic) bond motifs is 1. The van der Waals surface area contributed by atoms with Gasteiger partial charge in [-0.3, -0.25) is 0 Å². The maximum Gasteiger partial charge on any atom is 0.410 e. The Morgan fingerprint density at radius 2 is 1.55 bits per heavy atom. The second-order valence-corrected chi connectivity index (χ2v) is 16.8. The zero-order valence-electron chi connectivity index (χ0n) is 25.0. The number of hydrogen-bond donors (Lipinski definition) is 1. The Morgan fingerprint density at radius 1 is 0.976 bits per heavy atom. The molecule has 2 aromatic carbocycles. The molecule has 0 spiro atoms. The van der Waals surface area contributed by atoms with Gasteiger partial charge in [-0.25, -0.2) is 14.8 Å². The Balaban J connectivity index is 1.62. The number of alkyl halides is 3. The van der Waals surface area contributed by atoms with Gasteiger partial charge in [0.1, 0.15) is 11.6 Å². The minimum absolute atomic E-state index is 0.122. The number of amides is 1. The van der Waals surface area contributed by atoms with Crippen molar-refractivity contribution in [2.24, 2.45) is 0 Å². The molecule has 1 amide bonds. The van der Waals surface area contributed by atoms with Crippen molar-refractivity contribution in [3.8, 4) is 0 Å². The third-order valence-corrected chi connectivity index (χ3v) is 12.2. The predicted octanol–water partition coefficient (Wildman–Crippen LogP) is 5.69. The molecule has 7 nitrogen and oxygen atoms in total. The highest BCUT2D eigenvalue weighted by Gasteiger charge is 2.52. The zero-order valence-corrected chi connectivity index (χ0v) is 26.0. The summed E-state index contributed by atoms with van der Waals surface area (Å²) in [5.74, 6) is -0.173. The Hall–Kier alpha value is -3.44. The molecule has 1 unspecified atom stereocenters. The maximum atomic E-state index is 14.5. The monoisotopic (exact) mass is 600 g/mol. The van der Waals surface area contributed by atoms with Crippen molar-refractivity contribution < 1.29 is 27.1 Å². The fourth-order valence-electron chi connectivity index (χ4n) is 5.20. The topological polar surface area (TPSA) is 76.6 Å². The first-order valence-electron chi connectivity index (χ1n) is 14.0. The molecule has 226 valence electrons. The molecule has 1 aliphatic rings. The van der Waals surface area contributed by atoms with E-state index in [1.165, 1.54) is 11.1 Å². The quantitative estimate of drug-likeness (QED) is 0.352. The van der Waals surface area contributed by atoms with Gasteiger partial charge in [0, 0.05) is 12.7 Å². The SMILES string of the molecule is CC(C)(C)OC(=O)N1CCc2cnc(NC(CO[Si](c3ccccc3)(c3ccccc3)C(C)(C)C)C(F)(F)F)nc2C1. The summed E-state index contributed by atoms with van der Waals surface area (Å²) in [6, 6.07) is 17.0. The fourth-order valence-corrected chi connectivity index (χ4v) is 9.77. The molecule has 1 N–H and O–H groups in total. The average Bonchev–Trinajstić information content (AvgIpc) is 2.91. The Morgan fingerprint density at radius 3 is 2.05 bits per heavy atom. The van der Waals surface area contributed by atoms with Crippen LogP contribution in [0.3, 0.4) is 0 Å². The molecule has 1 atom stereocenters. The van der Waals surface area contributed by atoms with Crippen LogP contribution in [-0.2, 0) is 22.1 Å². The molecule has 0 saturated carbocycles. The molecular weight excluding hydrogens is 561 g/mol. The summed E-state index contributed by atoms with van der Waals surface area (Å²) in [4.78, 5) is 22.7. The number of anilines is 1. The average molecular weight is 601 g/mol. The van der Waals surface area contributed by atoms with Crippen molar-refractivity contribution in [1.29, 1.82) is 0 Å². The largest absolute Gasteiger partial charge is 0.444 e. The smallest absolute Gasteiger partial charge is 0.410 e. The van der Waals surface area contributed by atoms with Gasteiger partial charge in [0.25, 0.3) is 8.32 Å². The van der Waals surface area contributed by atoms with Crippen molar-refractivity contribution >= 4 is 30.7 Å². The molecule has 0 radical (unpaired) electrons. The molecule has 11 heteroatoms. The molecule has 0 saturated heterocycles. The van der Waals surface area contributed by atoms with E-state index in [0.717, 1.165) is 15.9 Å². The molecular formula is C31H39F3N4O3Si. The highest BCUT2D eigenvalue weighted by molar-refractivity contribution is 6.99. The van der Waals surface area contributed by atoms with E-state index in [2.05, 4.69) is 15.3 Å². The van der Waals surface area contributed by atoms with Crippen molar-refractivity contribution in [3.05, 3.63) is 78.1 Å². The van der Waals surface area contributed by atoms with E-state index >= 15 is 0 Å². The van der Waals surface area contributed by atoms with E-state index in [1.807, 2.05) is 81.4 Å².